The van der Waals surface area contributed by atoms with E-state index in [0.717, 1.165) is 64.2 Å². The lowest BCUT2D eigenvalue weighted by molar-refractivity contribution is -0.870. The minimum atomic E-state index is -4.45. The van der Waals surface area contributed by atoms with Gasteiger partial charge in [-0.3, -0.25) is 18.6 Å². The van der Waals surface area contributed by atoms with Gasteiger partial charge in [0, 0.05) is 12.8 Å². The molecule has 0 aliphatic heterocycles. The molecule has 3 unspecified atom stereocenters. The molecule has 0 heterocycles. The van der Waals surface area contributed by atoms with Crippen LogP contribution in [0.2, 0.25) is 0 Å². The van der Waals surface area contributed by atoms with Crippen LogP contribution in [0.1, 0.15) is 367 Å². The van der Waals surface area contributed by atoms with E-state index in [4.69, 9.17) is 13.8 Å². The van der Waals surface area contributed by atoms with Gasteiger partial charge in [0.05, 0.1) is 33.8 Å². The molecule has 0 bridgehead atoms. The second-order valence-electron chi connectivity index (χ2n) is 26.5. The Kier molecular flexibility index (Phi) is 63.4. The average Bonchev–Trinajstić information content (AvgIpc) is 3.62. The van der Waals surface area contributed by atoms with Crippen molar-refractivity contribution in [1.82, 2.24) is 5.32 Å². The molecule has 0 aliphatic rings. The number of nitrogens with one attached hydrogen (secondary N) is 1. The van der Waals surface area contributed by atoms with Crippen LogP contribution in [0.5, 0.6) is 0 Å². The minimum absolute atomic E-state index is 0.0418. The monoisotopic (exact) mass is 1220 g/mol. The average molecular weight is 1220 g/mol. The fraction of sp³-hybridized carbons (Fsp3) is 0.867. The van der Waals surface area contributed by atoms with Crippen LogP contribution in [0.4, 0.5) is 0 Å². The zero-order valence-electron chi connectivity index (χ0n) is 57.4. The summed E-state index contributed by atoms with van der Waals surface area (Å²) >= 11 is 0. The fourth-order valence-electron chi connectivity index (χ4n) is 11.0. The number of likely N-dealkylation sites (N-methyl/N-ethyl adjacent to an activating group) is 1. The van der Waals surface area contributed by atoms with E-state index in [1.165, 1.54) is 270 Å². The summed E-state index contributed by atoms with van der Waals surface area (Å²) in [4.78, 5) is 37.9. The molecule has 0 spiro atoms. The molecular formula is C75H144N2O7P+. The lowest BCUT2D eigenvalue weighted by atomic mass is 10.0. The molecular weight excluding hydrogens is 1070 g/mol. The molecule has 0 saturated carbocycles. The Labute approximate surface area is 529 Å². The number of phosphoric acid groups is 1. The maximum Gasteiger partial charge on any atom is 0.472 e. The second-order valence-corrected chi connectivity index (χ2v) is 27.9. The van der Waals surface area contributed by atoms with Gasteiger partial charge in [0.2, 0.25) is 5.91 Å². The van der Waals surface area contributed by atoms with Crippen molar-refractivity contribution in [1.29, 1.82) is 0 Å². The van der Waals surface area contributed by atoms with E-state index in [-0.39, 0.29) is 25.1 Å². The van der Waals surface area contributed by atoms with E-state index in [1.807, 2.05) is 33.3 Å². The molecule has 0 saturated heterocycles. The number of nitrogens with zero attached hydrogens (tertiary/aromatic N) is 1. The van der Waals surface area contributed by atoms with Crippen molar-refractivity contribution in [2.24, 2.45) is 0 Å². The first kappa shape index (κ1) is 83.0. The summed E-state index contributed by atoms with van der Waals surface area (Å²) in [5.74, 6) is -0.489. The predicted octanol–water partition coefficient (Wildman–Crippen LogP) is 23.6. The van der Waals surface area contributed by atoms with Crippen molar-refractivity contribution in [2.75, 3.05) is 40.9 Å². The van der Waals surface area contributed by atoms with Crippen molar-refractivity contribution < 1.29 is 37.3 Å². The molecule has 0 fully saturated rings. The van der Waals surface area contributed by atoms with Gasteiger partial charge in [0.1, 0.15) is 19.3 Å². The summed E-state index contributed by atoms with van der Waals surface area (Å²) in [5.41, 5.74) is 0. The first-order chi connectivity index (χ1) is 41.4. The van der Waals surface area contributed by atoms with Gasteiger partial charge >= 0.3 is 13.8 Å². The van der Waals surface area contributed by atoms with Crippen LogP contribution in [0.25, 0.3) is 0 Å². The molecule has 500 valence electrons. The summed E-state index contributed by atoms with van der Waals surface area (Å²) in [6, 6.07) is -0.847. The maximum atomic E-state index is 13.6. The van der Waals surface area contributed by atoms with Crippen molar-refractivity contribution >= 4 is 19.7 Å². The Bertz CT molecular complexity index is 1590. The zero-order valence-corrected chi connectivity index (χ0v) is 58.3. The summed E-state index contributed by atoms with van der Waals surface area (Å²) in [7, 11) is 1.51. The summed E-state index contributed by atoms with van der Waals surface area (Å²) in [6.45, 7) is 7.03. The van der Waals surface area contributed by atoms with Crippen LogP contribution in [0, 0.1) is 0 Å². The molecule has 2 N–H and O–H groups in total. The first-order valence-electron chi connectivity index (χ1n) is 37.0. The number of allylic oxidation sites excluding steroid dienone is 7. The lowest BCUT2D eigenvalue weighted by Gasteiger charge is -2.27. The molecule has 0 radical (unpaired) electrons. The van der Waals surface area contributed by atoms with Gasteiger partial charge in [-0.05, 0) is 89.5 Å². The van der Waals surface area contributed by atoms with Gasteiger partial charge in [-0.2, -0.15) is 0 Å². The Morgan fingerprint density at radius 1 is 0.412 bits per heavy atom. The normalized spacial score (nSPS) is 13.7. The molecule has 10 heteroatoms. The zero-order chi connectivity index (χ0) is 62.1. The summed E-state index contributed by atoms with van der Waals surface area (Å²) < 4.78 is 30.8. The highest BCUT2D eigenvalue weighted by Gasteiger charge is 2.30. The van der Waals surface area contributed by atoms with Gasteiger partial charge in [-0.15, -0.1) is 0 Å². The number of hydrogen-bond acceptors (Lipinski definition) is 6. The minimum Gasteiger partial charge on any atom is -0.456 e. The van der Waals surface area contributed by atoms with Crippen LogP contribution in [-0.2, 0) is 27.9 Å². The van der Waals surface area contributed by atoms with E-state index in [9.17, 15) is 19.0 Å². The number of rotatable bonds is 68. The summed E-state index contributed by atoms with van der Waals surface area (Å²) in [5, 5.41) is 3.08. The molecule has 0 aromatic carbocycles. The molecule has 0 aromatic rings. The van der Waals surface area contributed by atoms with Gasteiger partial charge in [-0.1, -0.05) is 314 Å². The molecule has 1 amide bonds. The number of hydrogen-bond donors (Lipinski definition) is 2. The van der Waals surface area contributed by atoms with Crippen LogP contribution < -0.4 is 5.32 Å². The van der Waals surface area contributed by atoms with Gasteiger partial charge in [0.15, 0.2) is 0 Å². The number of unbranched alkanes of at least 4 members (excludes halogenated alkanes) is 46. The van der Waals surface area contributed by atoms with E-state index in [1.54, 1.807) is 0 Å². The topological polar surface area (TPSA) is 111 Å². The van der Waals surface area contributed by atoms with E-state index < -0.39 is 20.0 Å². The Morgan fingerprint density at radius 2 is 0.718 bits per heavy atom. The number of phosphoric ester groups is 1. The third-order valence-corrected chi connectivity index (χ3v) is 17.7. The van der Waals surface area contributed by atoms with E-state index in [0.29, 0.717) is 23.9 Å². The van der Waals surface area contributed by atoms with Crippen LogP contribution >= 0.6 is 7.82 Å². The Balaban J connectivity index is 4.95. The SMILES string of the molecule is CCCCC/C=C\C/C=C\CCCCCCCCCCCCCCCC(=O)NC(COP(=O)(O)OCC[N+](C)(C)C)C(/C=C/CCCCCCCCCCC)OC(=O)CCCCCCCCCCCCCCCCC/C=C/CCCCCCCC. The number of carbonyl (C=O) groups excluding carboxylic acids is 2. The van der Waals surface area contributed by atoms with Crippen molar-refractivity contribution in [3.05, 3.63) is 48.6 Å². The highest BCUT2D eigenvalue weighted by atomic mass is 31.2. The number of carbonyl (C=O) groups is 2. The molecule has 85 heavy (non-hydrogen) atoms. The molecule has 0 aliphatic carbocycles. The highest BCUT2D eigenvalue weighted by Crippen LogP contribution is 2.43. The number of esters is 1. The number of quaternary nitrogens is 1. The molecule has 0 aromatic heterocycles. The lowest BCUT2D eigenvalue weighted by Crippen LogP contribution is -2.47. The largest absolute Gasteiger partial charge is 0.472 e. The second kappa shape index (κ2) is 64.9. The Hall–Kier alpha value is -2.03. The van der Waals surface area contributed by atoms with Crippen LogP contribution in [-0.4, -0.2) is 74.3 Å². The van der Waals surface area contributed by atoms with Crippen molar-refractivity contribution in [2.45, 2.75) is 380 Å². The maximum absolute atomic E-state index is 13.6. The molecule has 9 nitrogen and oxygen atoms in total. The van der Waals surface area contributed by atoms with E-state index in [2.05, 4.69) is 62.5 Å². The van der Waals surface area contributed by atoms with Crippen LogP contribution in [0.3, 0.4) is 0 Å². The fourth-order valence-corrected chi connectivity index (χ4v) is 11.8. The molecule has 0 rings (SSSR count). The van der Waals surface area contributed by atoms with Gasteiger partial charge in [0.25, 0.3) is 0 Å². The van der Waals surface area contributed by atoms with Crippen LogP contribution in [0.15, 0.2) is 48.6 Å². The van der Waals surface area contributed by atoms with Crippen molar-refractivity contribution in [3.8, 4) is 0 Å². The smallest absolute Gasteiger partial charge is 0.456 e. The standard InChI is InChI=1S/C75H143N2O7P/c1-7-10-13-16-19-22-25-27-29-31-33-35-37-38-40-42-44-46-48-50-53-56-59-62-65-68-75(79)84-73(66-63-60-57-54-51-24-21-18-15-12-9-3)72(71-83-85(80,81)82-70-69-77(4,5)6)76-74(78)67-64-61-58-55-52-49-47-45-43-41-39-36-34-32-30-28-26-23-20-17-14-11-8-2/h20,23,27-30,63,66,72-73H,7-19,21-22,24-26,31-62,64-65,67-71H2,1-6H3,(H-,76,78,80,81)/p+1/b23-20-,29-27+,30-28-,66-63+. The highest BCUT2D eigenvalue weighted by molar-refractivity contribution is 7.47. The van der Waals surface area contributed by atoms with E-state index >= 15 is 0 Å². The quantitative estimate of drug-likeness (QED) is 0.0205. The van der Waals surface area contributed by atoms with Gasteiger partial charge < -0.3 is 19.4 Å². The van der Waals surface area contributed by atoms with Gasteiger partial charge in [-0.25, -0.2) is 4.57 Å². The number of amides is 1. The predicted molar refractivity (Wildman–Crippen MR) is 369 cm³/mol. The molecule has 3 atom stereocenters. The third kappa shape index (κ3) is 66.2. The van der Waals surface area contributed by atoms with Crippen molar-refractivity contribution in [3.63, 3.8) is 0 Å². The third-order valence-electron chi connectivity index (χ3n) is 16.7. The number of ether oxygens (including phenoxy) is 1. The first-order valence-corrected chi connectivity index (χ1v) is 38.5. The Morgan fingerprint density at radius 3 is 1.09 bits per heavy atom. The summed E-state index contributed by atoms with van der Waals surface area (Å²) in [6.07, 6.45) is 82.8.